The highest BCUT2D eigenvalue weighted by Crippen LogP contribution is 2.19. The van der Waals surface area contributed by atoms with Crippen LogP contribution in [0.3, 0.4) is 0 Å². The molecule has 0 aliphatic rings. The SMILES string of the molecule is Cc1cccc(NC(=O)C(S)Cc2ccccc2)c1C. The van der Waals surface area contributed by atoms with Crippen LogP contribution in [0.25, 0.3) is 0 Å². The molecule has 0 radical (unpaired) electrons. The van der Waals surface area contributed by atoms with E-state index in [1.54, 1.807) is 0 Å². The van der Waals surface area contributed by atoms with Crippen molar-refractivity contribution < 1.29 is 4.79 Å². The summed E-state index contributed by atoms with van der Waals surface area (Å²) < 4.78 is 0. The topological polar surface area (TPSA) is 29.1 Å². The Balaban J connectivity index is 2.03. The Morgan fingerprint density at radius 1 is 1.10 bits per heavy atom. The number of anilines is 1. The van der Waals surface area contributed by atoms with Crippen molar-refractivity contribution in [3.63, 3.8) is 0 Å². The van der Waals surface area contributed by atoms with Gasteiger partial charge in [-0.1, -0.05) is 42.5 Å². The lowest BCUT2D eigenvalue weighted by molar-refractivity contribution is -0.115. The van der Waals surface area contributed by atoms with E-state index < -0.39 is 0 Å². The lowest BCUT2D eigenvalue weighted by atomic mass is 10.1. The van der Waals surface area contributed by atoms with Crippen LogP contribution in [0.5, 0.6) is 0 Å². The maximum absolute atomic E-state index is 12.2. The van der Waals surface area contributed by atoms with Crippen molar-refractivity contribution in [2.45, 2.75) is 25.5 Å². The molecule has 1 amide bonds. The van der Waals surface area contributed by atoms with Crippen LogP contribution in [0.2, 0.25) is 0 Å². The quantitative estimate of drug-likeness (QED) is 0.822. The molecule has 0 heterocycles. The number of rotatable bonds is 4. The van der Waals surface area contributed by atoms with E-state index in [9.17, 15) is 4.79 Å². The smallest absolute Gasteiger partial charge is 0.237 e. The van der Waals surface area contributed by atoms with Crippen LogP contribution in [0.4, 0.5) is 5.69 Å². The minimum absolute atomic E-state index is 0.0640. The van der Waals surface area contributed by atoms with Gasteiger partial charge in [-0.05, 0) is 43.0 Å². The van der Waals surface area contributed by atoms with Gasteiger partial charge in [0.2, 0.25) is 5.91 Å². The Bertz CT molecular complexity index is 595. The molecule has 104 valence electrons. The molecule has 1 N–H and O–H groups in total. The molecule has 3 heteroatoms. The summed E-state index contributed by atoms with van der Waals surface area (Å²) in [6, 6.07) is 15.8. The summed E-state index contributed by atoms with van der Waals surface area (Å²) in [6.07, 6.45) is 0.626. The molecule has 2 aromatic rings. The summed E-state index contributed by atoms with van der Waals surface area (Å²) in [5.74, 6) is -0.0640. The Kier molecular flexibility index (Phi) is 4.85. The first-order valence-electron chi connectivity index (χ1n) is 6.67. The summed E-state index contributed by atoms with van der Waals surface area (Å²) in [7, 11) is 0. The molecule has 20 heavy (non-hydrogen) atoms. The van der Waals surface area contributed by atoms with Crippen LogP contribution in [-0.2, 0) is 11.2 Å². The van der Waals surface area contributed by atoms with E-state index in [2.05, 4.69) is 17.9 Å². The molecule has 2 nitrogen and oxygen atoms in total. The number of hydrogen-bond donors (Lipinski definition) is 2. The zero-order chi connectivity index (χ0) is 14.5. The number of hydrogen-bond acceptors (Lipinski definition) is 2. The van der Waals surface area contributed by atoms with Crippen LogP contribution in [0.1, 0.15) is 16.7 Å². The van der Waals surface area contributed by atoms with Gasteiger partial charge in [0, 0.05) is 5.69 Å². The summed E-state index contributed by atoms with van der Waals surface area (Å²) in [6.45, 7) is 4.04. The number of carbonyl (C=O) groups excluding carboxylic acids is 1. The third-order valence-corrected chi connectivity index (χ3v) is 3.85. The van der Waals surface area contributed by atoms with E-state index >= 15 is 0 Å². The first-order valence-corrected chi connectivity index (χ1v) is 7.18. The zero-order valence-corrected chi connectivity index (χ0v) is 12.7. The molecule has 1 atom stereocenters. The fraction of sp³-hybridized carbons (Fsp3) is 0.235. The van der Waals surface area contributed by atoms with Gasteiger partial charge in [-0.3, -0.25) is 4.79 Å². The van der Waals surface area contributed by atoms with Gasteiger partial charge in [-0.15, -0.1) is 0 Å². The molecule has 1 unspecified atom stereocenters. The predicted octanol–water partition coefficient (Wildman–Crippen LogP) is 3.78. The van der Waals surface area contributed by atoms with Crippen molar-refractivity contribution in [1.82, 2.24) is 0 Å². The second kappa shape index (κ2) is 6.62. The largest absolute Gasteiger partial charge is 0.325 e. The number of carbonyl (C=O) groups is 1. The molecule has 2 rings (SSSR count). The van der Waals surface area contributed by atoms with Crippen molar-refractivity contribution in [2.24, 2.45) is 0 Å². The minimum atomic E-state index is -0.350. The van der Waals surface area contributed by atoms with Crippen molar-refractivity contribution in [3.8, 4) is 0 Å². The summed E-state index contributed by atoms with van der Waals surface area (Å²) in [5, 5.41) is 2.61. The van der Waals surface area contributed by atoms with Crippen LogP contribution < -0.4 is 5.32 Å². The van der Waals surface area contributed by atoms with Crippen molar-refractivity contribution in [3.05, 3.63) is 65.2 Å². The fourth-order valence-electron chi connectivity index (χ4n) is 2.03. The molecule has 0 spiro atoms. The first-order chi connectivity index (χ1) is 9.58. The Morgan fingerprint density at radius 3 is 2.50 bits per heavy atom. The number of benzene rings is 2. The van der Waals surface area contributed by atoms with Gasteiger partial charge in [0.05, 0.1) is 5.25 Å². The second-order valence-corrected chi connectivity index (χ2v) is 5.57. The maximum Gasteiger partial charge on any atom is 0.237 e. The predicted molar refractivity (Wildman–Crippen MR) is 87.5 cm³/mol. The third kappa shape index (κ3) is 3.64. The molecular weight excluding hydrogens is 266 g/mol. The Hall–Kier alpha value is -1.74. The fourth-order valence-corrected chi connectivity index (χ4v) is 2.31. The minimum Gasteiger partial charge on any atom is -0.325 e. The van der Waals surface area contributed by atoms with Gasteiger partial charge in [0.1, 0.15) is 0 Å². The standard InChI is InChI=1S/C17H19NOS/c1-12-7-6-10-15(13(12)2)18-17(19)16(20)11-14-8-4-3-5-9-14/h3-10,16,20H,11H2,1-2H3,(H,18,19). The molecule has 0 aliphatic heterocycles. The van der Waals surface area contributed by atoms with E-state index in [4.69, 9.17) is 0 Å². The average Bonchev–Trinajstić information content (AvgIpc) is 2.45. The molecular formula is C17H19NOS. The molecule has 0 saturated heterocycles. The highest BCUT2D eigenvalue weighted by molar-refractivity contribution is 7.81. The molecule has 0 saturated carbocycles. The average molecular weight is 285 g/mol. The third-order valence-electron chi connectivity index (χ3n) is 3.44. The van der Waals surface area contributed by atoms with E-state index in [1.165, 1.54) is 5.56 Å². The van der Waals surface area contributed by atoms with Gasteiger partial charge in [-0.2, -0.15) is 12.6 Å². The molecule has 0 aliphatic carbocycles. The molecule has 2 aromatic carbocycles. The number of nitrogens with one attached hydrogen (secondary N) is 1. The van der Waals surface area contributed by atoms with Gasteiger partial charge >= 0.3 is 0 Å². The monoisotopic (exact) mass is 285 g/mol. The van der Waals surface area contributed by atoms with Crippen molar-refractivity contribution >= 4 is 24.2 Å². The van der Waals surface area contributed by atoms with Gasteiger partial charge in [-0.25, -0.2) is 0 Å². The van der Waals surface area contributed by atoms with Crippen molar-refractivity contribution in [1.29, 1.82) is 0 Å². The van der Waals surface area contributed by atoms with Gasteiger partial charge in [0.25, 0.3) is 0 Å². The summed E-state index contributed by atoms with van der Waals surface area (Å²) in [4.78, 5) is 12.2. The Morgan fingerprint density at radius 2 is 1.80 bits per heavy atom. The van der Waals surface area contributed by atoms with E-state index in [-0.39, 0.29) is 11.2 Å². The van der Waals surface area contributed by atoms with E-state index in [0.717, 1.165) is 16.8 Å². The second-order valence-electron chi connectivity index (χ2n) is 4.94. The highest BCUT2D eigenvalue weighted by Gasteiger charge is 2.15. The van der Waals surface area contributed by atoms with Crippen LogP contribution in [0, 0.1) is 13.8 Å². The van der Waals surface area contributed by atoms with Gasteiger partial charge < -0.3 is 5.32 Å². The normalized spacial score (nSPS) is 11.9. The highest BCUT2D eigenvalue weighted by atomic mass is 32.1. The first kappa shape index (κ1) is 14.7. The van der Waals surface area contributed by atoms with E-state index in [1.807, 2.05) is 62.4 Å². The lowest BCUT2D eigenvalue weighted by Gasteiger charge is -2.14. The van der Waals surface area contributed by atoms with E-state index in [0.29, 0.717) is 6.42 Å². The van der Waals surface area contributed by atoms with Crippen LogP contribution >= 0.6 is 12.6 Å². The lowest BCUT2D eigenvalue weighted by Crippen LogP contribution is -2.25. The summed E-state index contributed by atoms with van der Waals surface area (Å²) >= 11 is 4.41. The van der Waals surface area contributed by atoms with Crippen LogP contribution in [-0.4, -0.2) is 11.2 Å². The van der Waals surface area contributed by atoms with Crippen molar-refractivity contribution in [2.75, 3.05) is 5.32 Å². The zero-order valence-electron chi connectivity index (χ0n) is 11.8. The number of aryl methyl sites for hydroxylation is 1. The summed E-state index contributed by atoms with van der Waals surface area (Å²) in [5.41, 5.74) is 4.24. The molecule has 0 bridgehead atoms. The Labute approximate surface area is 125 Å². The molecule has 0 aromatic heterocycles. The number of amides is 1. The van der Waals surface area contributed by atoms with Gasteiger partial charge in [0.15, 0.2) is 0 Å². The van der Waals surface area contributed by atoms with Crippen LogP contribution in [0.15, 0.2) is 48.5 Å². The number of thiol groups is 1. The maximum atomic E-state index is 12.2. The molecule has 0 fully saturated rings.